The molecule has 1 aliphatic heterocycles. The summed E-state index contributed by atoms with van der Waals surface area (Å²) in [6.07, 6.45) is 8.65. The lowest BCUT2D eigenvalue weighted by atomic mass is 9.86. The van der Waals surface area contributed by atoms with Crippen molar-refractivity contribution < 1.29 is 9.13 Å². The standard InChI is InChI=1S/C27H28FN7O/c28-27(36-21-4-2-1-3-5-21)13-12-18-8-9-19(14-22(18)33-27)24-23-25(30)31-16-32-26(23)35(34-24)20-10-6-17(15-29)7-11-20/h1-5,8-9,12-14,16-17,20,33H,6-7,10-11,15,29H2,(H2,30,31,32)/t17?,20?,27-/m0/s1. The third-order valence-electron chi connectivity index (χ3n) is 7.13. The fourth-order valence-corrected chi connectivity index (χ4v) is 5.18. The Morgan fingerprint density at radius 1 is 1.08 bits per heavy atom. The van der Waals surface area contributed by atoms with Crippen molar-refractivity contribution in [1.82, 2.24) is 19.7 Å². The monoisotopic (exact) mass is 485 g/mol. The van der Waals surface area contributed by atoms with Crippen LogP contribution in [0.15, 0.2) is 60.9 Å². The van der Waals surface area contributed by atoms with Gasteiger partial charge >= 0.3 is 5.98 Å². The normalized spacial score (nSPS) is 23.3. The third kappa shape index (κ3) is 4.05. The van der Waals surface area contributed by atoms with Gasteiger partial charge in [-0.3, -0.25) is 0 Å². The van der Waals surface area contributed by atoms with Gasteiger partial charge in [-0.1, -0.05) is 30.3 Å². The van der Waals surface area contributed by atoms with E-state index in [0.717, 1.165) is 36.8 Å². The maximum absolute atomic E-state index is 15.6. The van der Waals surface area contributed by atoms with Crippen LogP contribution in [0, 0.1) is 5.92 Å². The second-order valence-electron chi connectivity index (χ2n) is 9.48. The van der Waals surface area contributed by atoms with E-state index in [1.165, 1.54) is 12.4 Å². The quantitative estimate of drug-likeness (QED) is 0.344. The van der Waals surface area contributed by atoms with Crippen LogP contribution in [0.3, 0.4) is 0 Å². The number of nitrogens with zero attached hydrogens (tertiary/aromatic N) is 4. The van der Waals surface area contributed by atoms with Gasteiger partial charge in [0.25, 0.3) is 0 Å². The van der Waals surface area contributed by atoms with E-state index >= 15 is 4.39 Å². The molecule has 184 valence electrons. The van der Waals surface area contributed by atoms with Gasteiger partial charge in [0.05, 0.1) is 11.4 Å². The number of alkyl halides is 1. The molecular formula is C27H28FN7O. The number of hydrogen-bond acceptors (Lipinski definition) is 7. The summed E-state index contributed by atoms with van der Waals surface area (Å²) in [6, 6.07) is 14.8. The van der Waals surface area contributed by atoms with Gasteiger partial charge in [0.2, 0.25) is 0 Å². The van der Waals surface area contributed by atoms with Crippen LogP contribution in [0.5, 0.6) is 5.75 Å². The summed E-state index contributed by atoms with van der Waals surface area (Å²) in [5, 5.41) is 8.58. The molecule has 0 spiro atoms. The molecule has 1 fully saturated rings. The molecule has 1 atom stereocenters. The van der Waals surface area contributed by atoms with Crippen molar-refractivity contribution in [2.75, 3.05) is 17.6 Å². The van der Waals surface area contributed by atoms with Crippen LogP contribution in [0.25, 0.3) is 28.4 Å². The molecule has 3 heterocycles. The zero-order valence-electron chi connectivity index (χ0n) is 19.8. The number of nitrogens with one attached hydrogen (secondary N) is 1. The summed E-state index contributed by atoms with van der Waals surface area (Å²) in [7, 11) is 0. The van der Waals surface area contributed by atoms with Crippen molar-refractivity contribution in [1.29, 1.82) is 0 Å². The van der Waals surface area contributed by atoms with Crippen molar-refractivity contribution >= 4 is 28.6 Å². The first-order chi connectivity index (χ1) is 17.5. The Kier molecular flexibility index (Phi) is 5.56. The highest BCUT2D eigenvalue weighted by Gasteiger charge is 2.33. The van der Waals surface area contributed by atoms with Gasteiger partial charge in [0.1, 0.15) is 23.6 Å². The first-order valence-corrected chi connectivity index (χ1v) is 12.3. The first kappa shape index (κ1) is 22.5. The molecule has 8 nitrogen and oxygen atoms in total. The zero-order valence-corrected chi connectivity index (χ0v) is 19.8. The van der Waals surface area contributed by atoms with E-state index in [1.807, 2.05) is 28.9 Å². The highest BCUT2D eigenvalue weighted by Crippen LogP contribution is 2.39. The lowest BCUT2D eigenvalue weighted by Gasteiger charge is -2.29. The number of halogens is 1. The molecule has 1 saturated carbocycles. The summed E-state index contributed by atoms with van der Waals surface area (Å²) >= 11 is 0. The molecule has 6 rings (SSSR count). The second-order valence-corrected chi connectivity index (χ2v) is 9.48. The number of hydrogen-bond donors (Lipinski definition) is 3. The minimum Gasteiger partial charge on any atom is -0.438 e. The Morgan fingerprint density at radius 2 is 1.89 bits per heavy atom. The van der Waals surface area contributed by atoms with Crippen LogP contribution < -0.4 is 21.5 Å². The lowest BCUT2D eigenvalue weighted by molar-refractivity contribution is 0.0130. The van der Waals surface area contributed by atoms with Crippen LogP contribution >= 0.6 is 0 Å². The zero-order chi connectivity index (χ0) is 24.7. The van der Waals surface area contributed by atoms with E-state index < -0.39 is 5.98 Å². The molecule has 4 aromatic rings. The number of rotatable bonds is 5. The molecule has 9 heteroatoms. The molecule has 0 unspecified atom stereocenters. The van der Waals surface area contributed by atoms with Crippen LogP contribution in [0.1, 0.15) is 37.3 Å². The van der Waals surface area contributed by atoms with E-state index in [9.17, 15) is 0 Å². The van der Waals surface area contributed by atoms with Gasteiger partial charge in [-0.05, 0) is 68.0 Å². The number of anilines is 2. The number of ether oxygens (including phenoxy) is 1. The van der Waals surface area contributed by atoms with E-state index in [0.29, 0.717) is 46.4 Å². The molecule has 36 heavy (non-hydrogen) atoms. The van der Waals surface area contributed by atoms with Gasteiger partial charge in [0, 0.05) is 17.3 Å². The predicted molar refractivity (Wildman–Crippen MR) is 139 cm³/mol. The molecule has 1 aliphatic carbocycles. The fraction of sp³-hybridized carbons (Fsp3) is 0.296. The average Bonchev–Trinajstić information content (AvgIpc) is 3.30. The van der Waals surface area contributed by atoms with Gasteiger partial charge in [-0.2, -0.15) is 9.49 Å². The minimum atomic E-state index is -2.18. The summed E-state index contributed by atoms with van der Waals surface area (Å²) in [4.78, 5) is 8.76. The number of nitrogens with two attached hydrogens (primary N) is 2. The van der Waals surface area contributed by atoms with Crippen molar-refractivity contribution in [2.45, 2.75) is 37.7 Å². The van der Waals surface area contributed by atoms with Crippen molar-refractivity contribution in [3.8, 4) is 17.0 Å². The average molecular weight is 486 g/mol. The van der Waals surface area contributed by atoms with E-state index in [1.54, 1.807) is 30.3 Å². The van der Waals surface area contributed by atoms with Crippen molar-refractivity contribution in [3.63, 3.8) is 0 Å². The molecule has 0 saturated heterocycles. The Bertz CT molecular complexity index is 1430. The molecule has 2 aliphatic rings. The summed E-state index contributed by atoms with van der Waals surface area (Å²) in [6.45, 7) is 0.716. The summed E-state index contributed by atoms with van der Waals surface area (Å²) in [5.41, 5.74) is 15.8. The first-order valence-electron chi connectivity index (χ1n) is 12.3. The topological polar surface area (TPSA) is 117 Å². The lowest BCUT2D eigenvalue weighted by Crippen LogP contribution is -2.39. The van der Waals surface area contributed by atoms with Crippen LogP contribution in [0.4, 0.5) is 15.9 Å². The molecule has 2 aromatic carbocycles. The molecule has 0 radical (unpaired) electrons. The third-order valence-corrected chi connectivity index (χ3v) is 7.13. The fourth-order valence-electron chi connectivity index (χ4n) is 5.18. The maximum Gasteiger partial charge on any atom is 0.350 e. The molecular weight excluding hydrogens is 457 g/mol. The van der Waals surface area contributed by atoms with Crippen LogP contribution in [-0.4, -0.2) is 32.3 Å². The Hall–Kier alpha value is -3.98. The number of nitrogen functional groups attached to an aromatic ring is 1. The Labute approximate surface area is 208 Å². The molecule has 0 amide bonds. The van der Waals surface area contributed by atoms with E-state index in [2.05, 4.69) is 15.3 Å². The largest absolute Gasteiger partial charge is 0.438 e. The Morgan fingerprint density at radius 3 is 2.67 bits per heavy atom. The maximum atomic E-state index is 15.6. The van der Waals surface area contributed by atoms with Crippen LogP contribution in [0.2, 0.25) is 0 Å². The van der Waals surface area contributed by atoms with Gasteiger partial charge in [0.15, 0.2) is 5.65 Å². The highest BCUT2D eigenvalue weighted by atomic mass is 19.2. The summed E-state index contributed by atoms with van der Waals surface area (Å²) < 4.78 is 23.2. The second kappa shape index (κ2) is 8.91. The predicted octanol–water partition coefficient (Wildman–Crippen LogP) is 4.91. The van der Waals surface area contributed by atoms with Gasteiger partial charge < -0.3 is 21.5 Å². The smallest absolute Gasteiger partial charge is 0.350 e. The van der Waals surface area contributed by atoms with Gasteiger partial charge in [-0.25, -0.2) is 14.6 Å². The molecule has 2 aromatic heterocycles. The van der Waals surface area contributed by atoms with Crippen molar-refractivity contribution in [2.24, 2.45) is 11.7 Å². The highest BCUT2D eigenvalue weighted by molar-refractivity contribution is 5.99. The Balaban J connectivity index is 1.36. The van der Waals surface area contributed by atoms with Crippen LogP contribution in [-0.2, 0) is 0 Å². The minimum absolute atomic E-state index is 0.217. The van der Waals surface area contributed by atoms with Crippen molar-refractivity contribution in [3.05, 3.63) is 66.5 Å². The number of para-hydroxylation sites is 1. The number of aromatic nitrogens is 4. The molecule has 5 N–H and O–H groups in total. The summed E-state index contributed by atoms with van der Waals surface area (Å²) in [5.74, 6) is -0.829. The van der Waals surface area contributed by atoms with E-state index in [4.69, 9.17) is 21.3 Å². The number of fused-ring (bicyclic) bond motifs is 2. The van der Waals surface area contributed by atoms with Gasteiger partial charge in [-0.15, -0.1) is 0 Å². The SMILES string of the molecule is NCC1CCC(n2nc(-c3ccc4c(c3)N[C@](F)(Oc3ccccc3)C=C4)c3c(N)ncnc32)CC1. The molecule has 0 bridgehead atoms. The number of benzene rings is 2. The van der Waals surface area contributed by atoms with E-state index in [-0.39, 0.29) is 6.04 Å².